The molecule has 2 rings (SSSR count). The summed E-state index contributed by atoms with van der Waals surface area (Å²) in [5, 5.41) is 24.1. The molecule has 0 unspecified atom stereocenters. The maximum atomic E-state index is 11.7. The molecular weight excluding hydrogens is 462 g/mol. The molecule has 0 bridgehead atoms. The first-order chi connectivity index (χ1) is 11.9. The number of carbonyl (C=O) groups is 1. The molecule has 0 aliphatic rings. The SMILES string of the molecule is O=C(COc1ccc([N+](=O)[O-])cc1)N/N=C\c1cc(Br)cc(Br)c1O. The molecule has 0 saturated heterocycles. The molecule has 0 heterocycles. The Hall–Kier alpha value is -2.46. The van der Waals surface area contributed by atoms with E-state index < -0.39 is 10.8 Å². The van der Waals surface area contributed by atoms with E-state index in [-0.39, 0.29) is 18.0 Å². The van der Waals surface area contributed by atoms with Gasteiger partial charge in [-0.25, -0.2) is 5.43 Å². The molecule has 2 aromatic carbocycles. The van der Waals surface area contributed by atoms with Crippen LogP contribution in [-0.4, -0.2) is 28.8 Å². The Morgan fingerprint density at radius 2 is 2.00 bits per heavy atom. The van der Waals surface area contributed by atoms with Crippen LogP contribution in [0.15, 0.2) is 50.4 Å². The Balaban J connectivity index is 1.87. The highest BCUT2D eigenvalue weighted by atomic mass is 79.9. The summed E-state index contributed by atoms with van der Waals surface area (Å²) in [5.41, 5.74) is 2.59. The molecule has 0 aliphatic carbocycles. The number of nitro groups is 1. The number of phenols is 1. The van der Waals surface area contributed by atoms with Gasteiger partial charge < -0.3 is 9.84 Å². The lowest BCUT2D eigenvalue weighted by Gasteiger charge is -2.05. The minimum atomic E-state index is -0.527. The van der Waals surface area contributed by atoms with Crippen molar-refractivity contribution in [3.63, 3.8) is 0 Å². The molecular formula is C15H11Br2N3O5. The maximum Gasteiger partial charge on any atom is 0.277 e. The van der Waals surface area contributed by atoms with Crippen LogP contribution in [0.5, 0.6) is 11.5 Å². The fourth-order valence-electron chi connectivity index (χ4n) is 1.70. The Morgan fingerprint density at radius 3 is 2.64 bits per heavy atom. The lowest BCUT2D eigenvalue weighted by molar-refractivity contribution is -0.384. The van der Waals surface area contributed by atoms with Gasteiger partial charge in [-0.05, 0) is 40.2 Å². The number of aromatic hydroxyl groups is 1. The molecule has 0 fully saturated rings. The minimum Gasteiger partial charge on any atom is -0.506 e. The first-order valence-electron chi connectivity index (χ1n) is 6.74. The Bertz CT molecular complexity index is 825. The number of carbonyl (C=O) groups excluding carboxylic acids is 1. The zero-order valence-corrected chi connectivity index (χ0v) is 15.7. The summed E-state index contributed by atoms with van der Waals surface area (Å²) in [6.07, 6.45) is 1.29. The van der Waals surface area contributed by atoms with Crippen molar-refractivity contribution < 1.29 is 19.6 Å². The number of nitrogens with zero attached hydrogens (tertiary/aromatic N) is 2. The molecule has 0 radical (unpaired) electrons. The average Bonchev–Trinajstić information content (AvgIpc) is 2.57. The van der Waals surface area contributed by atoms with Gasteiger partial charge in [0.25, 0.3) is 11.6 Å². The van der Waals surface area contributed by atoms with Crippen LogP contribution >= 0.6 is 31.9 Å². The Morgan fingerprint density at radius 1 is 1.32 bits per heavy atom. The molecule has 25 heavy (non-hydrogen) atoms. The van der Waals surface area contributed by atoms with Crippen molar-refractivity contribution in [1.82, 2.24) is 5.43 Å². The van der Waals surface area contributed by atoms with E-state index in [1.54, 1.807) is 12.1 Å². The van der Waals surface area contributed by atoms with Crippen LogP contribution in [-0.2, 0) is 4.79 Å². The number of non-ortho nitro benzene ring substituents is 1. The van der Waals surface area contributed by atoms with E-state index in [4.69, 9.17) is 4.74 Å². The van der Waals surface area contributed by atoms with Gasteiger partial charge in [-0.1, -0.05) is 15.9 Å². The number of amides is 1. The zero-order chi connectivity index (χ0) is 18.4. The van der Waals surface area contributed by atoms with Gasteiger partial charge in [0, 0.05) is 22.2 Å². The van der Waals surface area contributed by atoms with Gasteiger partial charge in [-0.2, -0.15) is 5.10 Å². The summed E-state index contributed by atoms with van der Waals surface area (Å²) < 4.78 is 6.41. The van der Waals surface area contributed by atoms with Crippen LogP contribution in [0, 0.1) is 10.1 Å². The van der Waals surface area contributed by atoms with Gasteiger partial charge in [-0.15, -0.1) is 0 Å². The van der Waals surface area contributed by atoms with Crippen molar-refractivity contribution >= 4 is 49.7 Å². The predicted molar refractivity (Wildman–Crippen MR) is 97.8 cm³/mol. The van der Waals surface area contributed by atoms with Crippen LogP contribution in [0.1, 0.15) is 5.56 Å². The smallest absolute Gasteiger partial charge is 0.277 e. The van der Waals surface area contributed by atoms with Gasteiger partial charge >= 0.3 is 0 Å². The van der Waals surface area contributed by atoms with Crippen molar-refractivity contribution in [2.24, 2.45) is 5.10 Å². The number of benzene rings is 2. The number of halogens is 2. The number of hydrogen-bond acceptors (Lipinski definition) is 6. The number of nitrogens with one attached hydrogen (secondary N) is 1. The Kier molecular flexibility index (Phi) is 6.48. The number of ether oxygens (including phenoxy) is 1. The molecule has 0 atom stereocenters. The number of hydrazone groups is 1. The van der Waals surface area contributed by atoms with E-state index >= 15 is 0 Å². The van der Waals surface area contributed by atoms with E-state index in [9.17, 15) is 20.0 Å². The molecule has 8 nitrogen and oxygen atoms in total. The highest BCUT2D eigenvalue weighted by molar-refractivity contribution is 9.11. The van der Waals surface area contributed by atoms with Crippen LogP contribution in [0.4, 0.5) is 5.69 Å². The largest absolute Gasteiger partial charge is 0.506 e. The van der Waals surface area contributed by atoms with Crippen LogP contribution < -0.4 is 10.2 Å². The van der Waals surface area contributed by atoms with E-state index in [0.717, 1.165) is 4.47 Å². The summed E-state index contributed by atoms with van der Waals surface area (Å²) in [6, 6.07) is 8.64. The molecule has 10 heteroatoms. The van der Waals surface area contributed by atoms with E-state index in [1.165, 1.54) is 30.5 Å². The lowest BCUT2D eigenvalue weighted by atomic mass is 10.2. The first-order valence-corrected chi connectivity index (χ1v) is 8.32. The Labute approximate surface area is 158 Å². The third-order valence-electron chi connectivity index (χ3n) is 2.87. The fraction of sp³-hybridized carbons (Fsp3) is 0.0667. The highest BCUT2D eigenvalue weighted by Crippen LogP contribution is 2.30. The van der Waals surface area contributed by atoms with Gasteiger partial charge in [0.2, 0.25) is 0 Å². The first kappa shape index (κ1) is 18.9. The number of rotatable bonds is 6. The fourth-order valence-corrected chi connectivity index (χ4v) is 2.96. The molecule has 2 N–H and O–H groups in total. The second-order valence-corrected chi connectivity index (χ2v) is 6.43. The van der Waals surface area contributed by atoms with Crippen molar-refractivity contribution in [2.45, 2.75) is 0 Å². The van der Waals surface area contributed by atoms with Crippen LogP contribution in [0.3, 0.4) is 0 Å². The monoisotopic (exact) mass is 471 g/mol. The highest BCUT2D eigenvalue weighted by Gasteiger charge is 2.07. The average molecular weight is 473 g/mol. The van der Waals surface area contributed by atoms with Crippen molar-refractivity contribution in [3.05, 3.63) is 61.0 Å². The molecule has 1 amide bonds. The summed E-state index contributed by atoms with van der Waals surface area (Å²) >= 11 is 6.47. The summed E-state index contributed by atoms with van der Waals surface area (Å²) in [5.74, 6) is -0.218. The lowest BCUT2D eigenvalue weighted by Crippen LogP contribution is -2.24. The third-order valence-corrected chi connectivity index (χ3v) is 3.93. The van der Waals surface area contributed by atoms with Crippen molar-refractivity contribution in [3.8, 4) is 11.5 Å². The van der Waals surface area contributed by atoms with Gasteiger partial charge in [0.1, 0.15) is 11.5 Å². The van der Waals surface area contributed by atoms with Crippen LogP contribution in [0.25, 0.3) is 0 Å². The summed E-state index contributed by atoms with van der Waals surface area (Å²) in [6.45, 7) is -0.316. The van der Waals surface area contributed by atoms with Gasteiger partial charge in [0.15, 0.2) is 6.61 Å². The van der Waals surface area contributed by atoms with Crippen LogP contribution in [0.2, 0.25) is 0 Å². The standard InChI is InChI=1S/C15H11Br2N3O5/c16-10-5-9(15(22)13(17)6-10)7-18-19-14(21)8-25-12-3-1-11(2-4-12)20(23)24/h1-7,22H,8H2,(H,19,21)/b18-7-. The van der Waals surface area contributed by atoms with E-state index in [1.807, 2.05) is 0 Å². The number of phenolic OH excluding ortho intramolecular Hbond substituents is 1. The second kappa shape index (κ2) is 8.58. The maximum absolute atomic E-state index is 11.7. The zero-order valence-electron chi connectivity index (χ0n) is 12.5. The third kappa shape index (κ3) is 5.54. The second-order valence-electron chi connectivity index (χ2n) is 4.66. The van der Waals surface area contributed by atoms with Gasteiger partial charge in [-0.3, -0.25) is 14.9 Å². The summed E-state index contributed by atoms with van der Waals surface area (Å²) in [4.78, 5) is 21.7. The molecule has 130 valence electrons. The molecule has 0 spiro atoms. The molecule has 0 aromatic heterocycles. The topological polar surface area (TPSA) is 114 Å². The van der Waals surface area contributed by atoms with E-state index in [0.29, 0.717) is 15.8 Å². The molecule has 0 saturated carbocycles. The van der Waals surface area contributed by atoms with Crippen molar-refractivity contribution in [1.29, 1.82) is 0 Å². The quantitative estimate of drug-likeness (QED) is 0.380. The molecule has 2 aromatic rings. The summed E-state index contributed by atoms with van der Waals surface area (Å²) in [7, 11) is 0. The number of nitro benzene ring substituents is 1. The van der Waals surface area contributed by atoms with Gasteiger partial charge in [0.05, 0.1) is 15.6 Å². The normalized spacial score (nSPS) is 10.6. The minimum absolute atomic E-state index is 0.0108. The van der Waals surface area contributed by atoms with E-state index in [2.05, 4.69) is 42.4 Å². The number of hydrogen-bond donors (Lipinski definition) is 2. The van der Waals surface area contributed by atoms with Crippen molar-refractivity contribution in [2.75, 3.05) is 6.61 Å². The predicted octanol–water partition coefficient (Wildman–Crippen LogP) is 3.35. The molecule has 0 aliphatic heterocycles.